The van der Waals surface area contributed by atoms with Crippen LogP contribution in [0.25, 0.3) is 10.9 Å². The van der Waals surface area contributed by atoms with Crippen molar-refractivity contribution in [3.05, 3.63) is 66.4 Å². The number of ether oxygens (including phenoxy) is 1. The SMILES string of the molecule is C=C(/C=C\C=C/C)[C@@H]1C[C@@H](C(=O)N[C@@H](C[C@@H]2CCNC2=O)C(O)C#N)N(C(=O)c2cc3c(OC)cccc3[nH]2)C1. The van der Waals surface area contributed by atoms with Crippen molar-refractivity contribution in [1.29, 1.82) is 5.26 Å². The van der Waals surface area contributed by atoms with E-state index in [1.807, 2.05) is 43.4 Å². The molecule has 1 unspecified atom stereocenters. The van der Waals surface area contributed by atoms with E-state index < -0.39 is 30.0 Å². The highest BCUT2D eigenvalue weighted by Crippen LogP contribution is 2.32. The van der Waals surface area contributed by atoms with E-state index in [1.165, 1.54) is 4.90 Å². The number of benzene rings is 1. The molecule has 2 saturated heterocycles. The zero-order chi connectivity index (χ0) is 28.8. The molecule has 2 fully saturated rings. The van der Waals surface area contributed by atoms with Gasteiger partial charge in [0.1, 0.15) is 17.5 Å². The van der Waals surface area contributed by atoms with Gasteiger partial charge < -0.3 is 30.4 Å². The summed E-state index contributed by atoms with van der Waals surface area (Å²) in [7, 11) is 1.56. The van der Waals surface area contributed by atoms with Crippen molar-refractivity contribution in [2.75, 3.05) is 20.2 Å². The highest BCUT2D eigenvalue weighted by Gasteiger charge is 2.42. The van der Waals surface area contributed by atoms with Gasteiger partial charge in [-0.25, -0.2) is 0 Å². The van der Waals surface area contributed by atoms with E-state index in [0.717, 1.165) is 16.5 Å². The Kier molecular flexibility index (Phi) is 9.07. The largest absolute Gasteiger partial charge is 0.496 e. The molecule has 3 heterocycles. The summed E-state index contributed by atoms with van der Waals surface area (Å²) in [6.45, 7) is 6.84. The number of allylic oxidation sites excluding steroid dienone is 4. The van der Waals surface area contributed by atoms with E-state index in [1.54, 1.807) is 25.3 Å². The highest BCUT2D eigenvalue weighted by molar-refractivity contribution is 6.01. The number of aliphatic hydroxyl groups excluding tert-OH is 1. The maximum atomic E-state index is 13.8. The fraction of sp³-hybridized carbons (Fsp3) is 0.400. The molecule has 2 aliphatic rings. The number of rotatable bonds is 10. The number of methoxy groups -OCH3 is 1. The number of nitrogens with zero attached hydrogens (tertiary/aromatic N) is 2. The van der Waals surface area contributed by atoms with Crippen LogP contribution in [0, 0.1) is 23.2 Å². The minimum absolute atomic E-state index is 0.122. The lowest BCUT2D eigenvalue weighted by atomic mass is 9.94. The number of carbonyl (C=O) groups excluding carboxylic acids is 3. The van der Waals surface area contributed by atoms with E-state index in [0.29, 0.717) is 30.8 Å². The molecule has 210 valence electrons. The van der Waals surface area contributed by atoms with Gasteiger partial charge in [0.25, 0.3) is 5.91 Å². The first kappa shape index (κ1) is 28.6. The Bertz CT molecular complexity index is 1390. The summed E-state index contributed by atoms with van der Waals surface area (Å²) in [6.07, 6.45) is 6.98. The molecule has 1 aromatic carbocycles. The van der Waals surface area contributed by atoms with Crippen LogP contribution in [0.5, 0.6) is 5.75 Å². The van der Waals surface area contributed by atoms with Crippen molar-refractivity contribution >= 4 is 28.6 Å². The van der Waals surface area contributed by atoms with Crippen molar-refractivity contribution in [1.82, 2.24) is 20.5 Å². The first-order chi connectivity index (χ1) is 19.3. The minimum Gasteiger partial charge on any atom is -0.496 e. The summed E-state index contributed by atoms with van der Waals surface area (Å²) >= 11 is 0. The first-order valence-corrected chi connectivity index (χ1v) is 13.4. The normalized spacial score (nSPS) is 22.4. The average Bonchev–Trinajstić information content (AvgIpc) is 3.70. The fourth-order valence-electron chi connectivity index (χ4n) is 5.39. The molecule has 4 rings (SSSR count). The summed E-state index contributed by atoms with van der Waals surface area (Å²) < 4.78 is 5.43. The number of nitrogens with one attached hydrogen (secondary N) is 3. The van der Waals surface area contributed by atoms with Crippen LogP contribution in [-0.4, -0.2) is 71.1 Å². The van der Waals surface area contributed by atoms with Crippen LogP contribution in [-0.2, 0) is 9.59 Å². The summed E-state index contributed by atoms with van der Waals surface area (Å²) in [6, 6.07) is 7.11. The van der Waals surface area contributed by atoms with Crippen LogP contribution < -0.4 is 15.4 Å². The minimum atomic E-state index is -1.50. The Morgan fingerprint density at radius 2 is 2.17 bits per heavy atom. The molecule has 0 saturated carbocycles. The molecule has 4 N–H and O–H groups in total. The van der Waals surface area contributed by atoms with Crippen molar-refractivity contribution in [2.45, 2.75) is 44.4 Å². The second-order valence-corrected chi connectivity index (χ2v) is 10.2. The van der Waals surface area contributed by atoms with Crippen LogP contribution in [0.2, 0.25) is 0 Å². The number of likely N-dealkylation sites (tertiary alicyclic amines) is 1. The van der Waals surface area contributed by atoms with Crippen molar-refractivity contribution in [3.63, 3.8) is 0 Å². The van der Waals surface area contributed by atoms with Gasteiger partial charge in [-0.05, 0) is 44.4 Å². The smallest absolute Gasteiger partial charge is 0.271 e. The molecule has 10 heteroatoms. The maximum Gasteiger partial charge on any atom is 0.271 e. The number of fused-ring (bicyclic) bond motifs is 1. The summed E-state index contributed by atoms with van der Waals surface area (Å²) in [5.41, 5.74) is 1.82. The van der Waals surface area contributed by atoms with Crippen LogP contribution in [0.1, 0.15) is 36.7 Å². The molecule has 1 aromatic heterocycles. The van der Waals surface area contributed by atoms with Crippen molar-refractivity contribution < 1.29 is 24.2 Å². The van der Waals surface area contributed by atoms with Gasteiger partial charge in [-0.2, -0.15) is 5.26 Å². The van der Waals surface area contributed by atoms with E-state index in [4.69, 9.17) is 4.74 Å². The van der Waals surface area contributed by atoms with E-state index in [-0.39, 0.29) is 30.7 Å². The Morgan fingerprint density at radius 1 is 1.38 bits per heavy atom. The number of aromatic nitrogens is 1. The number of nitriles is 1. The molecule has 10 nitrogen and oxygen atoms in total. The lowest BCUT2D eigenvalue weighted by Gasteiger charge is -2.27. The summed E-state index contributed by atoms with van der Waals surface area (Å²) in [5.74, 6) is -1.000. The molecule has 40 heavy (non-hydrogen) atoms. The molecule has 0 aliphatic carbocycles. The lowest BCUT2D eigenvalue weighted by Crippen LogP contribution is -2.52. The average molecular weight is 546 g/mol. The van der Waals surface area contributed by atoms with E-state index in [9.17, 15) is 24.8 Å². The molecule has 0 bridgehead atoms. The summed E-state index contributed by atoms with van der Waals surface area (Å²) in [4.78, 5) is 44.3. The van der Waals surface area contributed by atoms with Gasteiger partial charge in [-0.3, -0.25) is 14.4 Å². The Morgan fingerprint density at radius 3 is 2.85 bits per heavy atom. The fourth-order valence-corrected chi connectivity index (χ4v) is 5.39. The number of carbonyl (C=O) groups is 3. The standard InChI is InChI=1S/C30H35N5O5/c1-4-5-6-8-18(2)20-14-25(29(38)34-23(26(36)16-31)13-19-11-12-32-28(19)37)35(17-20)30(39)24-15-21-22(33-24)9-7-10-27(21)40-3/h4-10,15,19-20,23,25-26,33,36H,2,11-14,17H2,1,3H3,(H,32,37)(H,34,38)/b5-4-,8-6-/t19-,20+,23-,25-,26?/m0/s1. The molecule has 2 aliphatic heterocycles. The van der Waals surface area contributed by atoms with Gasteiger partial charge in [0.2, 0.25) is 11.8 Å². The predicted molar refractivity (Wildman–Crippen MR) is 150 cm³/mol. The Hall–Kier alpha value is -4.36. The van der Waals surface area contributed by atoms with Gasteiger partial charge in [-0.15, -0.1) is 0 Å². The second-order valence-electron chi connectivity index (χ2n) is 10.2. The van der Waals surface area contributed by atoms with Crippen molar-refractivity contribution in [3.8, 4) is 11.8 Å². The summed E-state index contributed by atoms with van der Waals surface area (Å²) in [5, 5.41) is 26.0. The quantitative estimate of drug-likeness (QED) is 0.267. The molecule has 0 spiro atoms. The zero-order valence-corrected chi connectivity index (χ0v) is 22.7. The highest BCUT2D eigenvalue weighted by atomic mass is 16.5. The van der Waals surface area contributed by atoms with Gasteiger partial charge >= 0.3 is 0 Å². The third-order valence-electron chi connectivity index (χ3n) is 7.62. The van der Waals surface area contributed by atoms with Gasteiger partial charge in [0.05, 0.1) is 19.2 Å². The Balaban J connectivity index is 1.61. The number of hydrogen-bond donors (Lipinski definition) is 4. The number of aromatic amines is 1. The number of aliphatic hydroxyl groups is 1. The third-order valence-corrected chi connectivity index (χ3v) is 7.62. The van der Waals surface area contributed by atoms with Gasteiger partial charge in [0, 0.05) is 35.8 Å². The molecular weight excluding hydrogens is 510 g/mol. The van der Waals surface area contributed by atoms with E-state index in [2.05, 4.69) is 22.2 Å². The van der Waals surface area contributed by atoms with Crippen LogP contribution >= 0.6 is 0 Å². The molecule has 0 radical (unpaired) electrons. The molecular formula is C30H35N5O5. The third kappa shape index (κ3) is 6.10. The maximum absolute atomic E-state index is 13.8. The Labute approximate surface area is 233 Å². The van der Waals surface area contributed by atoms with Gasteiger partial charge in [0.15, 0.2) is 6.10 Å². The van der Waals surface area contributed by atoms with Crippen molar-refractivity contribution in [2.24, 2.45) is 11.8 Å². The predicted octanol–water partition coefficient (Wildman–Crippen LogP) is 2.59. The topological polar surface area (TPSA) is 148 Å². The van der Waals surface area contributed by atoms with E-state index >= 15 is 0 Å². The number of H-pyrrole nitrogens is 1. The van der Waals surface area contributed by atoms with Crippen LogP contribution in [0.4, 0.5) is 0 Å². The van der Waals surface area contributed by atoms with Crippen LogP contribution in [0.15, 0.2) is 60.7 Å². The van der Waals surface area contributed by atoms with Crippen LogP contribution in [0.3, 0.4) is 0 Å². The molecule has 2 aromatic rings. The van der Waals surface area contributed by atoms with Gasteiger partial charge in [-0.1, -0.05) is 42.5 Å². The number of hydrogen-bond acceptors (Lipinski definition) is 6. The molecule has 5 atom stereocenters. The molecule has 3 amide bonds. The number of amides is 3. The lowest BCUT2D eigenvalue weighted by molar-refractivity contribution is -0.127. The monoisotopic (exact) mass is 545 g/mol. The first-order valence-electron chi connectivity index (χ1n) is 13.4. The second kappa shape index (κ2) is 12.7. The zero-order valence-electron chi connectivity index (χ0n) is 22.7.